The number of benzene rings is 1. The van der Waals surface area contributed by atoms with Crippen LogP contribution in [0.4, 0.5) is 4.39 Å². The zero-order valence-electron chi connectivity index (χ0n) is 15.7. The number of nitrogens with one attached hydrogen (secondary N) is 1. The number of carbonyl (C=O) groups is 1. The molecule has 1 heterocycles. The SMILES string of the molecule is CC1(N)CCCCC1C(=O)NCc1ccc(Oc2cccc(F)c2)nc1.Cl.Cl. The van der Waals surface area contributed by atoms with Crippen molar-refractivity contribution in [1.82, 2.24) is 10.3 Å². The highest BCUT2D eigenvalue weighted by Crippen LogP contribution is 2.31. The summed E-state index contributed by atoms with van der Waals surface area (Å²) in [5.41, 5.74) is 6.70. The lowest BCUT2D eigenvalue weighted by Gasteiger charge is -2.37. The van der Waals surface area contributed by atoms with Crippen LogP contribution in [0.2, 0.25) is 0 Å². The van der Waals surface area contributed by atoms with Gasteiger partial charge in [-0.3, -0.25) is 4.79 Å². The van der Waals surface area contributed by atoms with Crippen LogP contribution in [-0.2, 0) is 11.3 Å². The Bertz CT molecular complexity index is 772. The van der Waals surface area contributed by atoms with E-state index in [1.165, 1.54) is 12.1 Å². The van der Waals surface area contributed by atoms with Crippen LogP contribution in [0.5, 0.6) is 11.6 Å². The molecule has 1 fully saturated rings. The molecule has 1 saturated carbocycles. The number of halogens is 3. The summed E-state index contributed by atoms with van der Waals surface area (Å²) in [6, 6.07) is 9.40. The molecule has 0 bridgehead atoms. The van der Waals surface area contributed by atoms with Gasteiger partial charge in [0.15, 0.2) is 0 Å². The van der Waals surface area contributed by atoms with Crippen LogP contribution in [0, 0.1) is 11.7 Å². The Kier molecular flexibility index (Phi) is 9.14. The van der Waals surface area contributed by atoms with Gasteiger partial charge < -0.3 is 15.8 Å². The second-order valence-electron chi connectivity index (χ2n) is 7.09. The molecule has 2 atom stereocenters. The van der Waals surface area contributed by atoms with E-state index in [1.807, 2.05) is 13.0 Å². The first kappa shape index (κ1) is 24.1. The van der Waals surface area contributed by atoms with E-state index in [0.29, 0.717) is 18.2 Å². The van der Waals surface area contributed by atoms with Crippen LogP contribution >= 0.6 is 24.8 Å². The number of aromatic nitrogens is 1. The van der Waals surface area contributed by atoms with E-state index in [1.54, 1.807) is 24.4 Å². The average molecular weight is 430 g/mol. The Morgan fingerprint density at radius 3 is 2.75 bits per heavy atom. The number of amides is 1. The lowest BCUT2D eigenvalue weighted by Crippen LogP contribution is -2.52. The van der Waals surface area contributed by atoms with E-state index >= 15 is 0 Å². The summed E-state index contributed by atoms with van der Waals surface area (Å²) in [5, 5.41) is 2.95. The fraction of sp³-hybridized carbons (Fsp3) is 0.400. The Morgan fingerprint density at radius 2 is 2.11 bits per heavy atom. The predicted molar refractivity (Wildman–Crippen MR) is 112 cm³/mol. The first-order valence-corrected chi connectivity index (χ1v) is 8.89. The van der Waals surface area contributed by atoms with E-state index in [4.69, 9.17) is 10.5 Å². The molecule has 8 heteroatoms. The quantitative estimate of drug-likeness (QED) is 0.738. The van der Waals surface area contributed by atoms with Crippen molar-refractivity contribution in [2.75, 3.05) is 0 Å². The van der Waals surface area contributed by atoms with Gasteiger partial charge in [-0.1, -0.05) is 25.0 Å². The van der Waals surface area contributed by atoms with Crippen LogP contribution < -0.4 is 15.8 Å². The summed E-state index contributed by atoms with van der Waals surface area (Å²) < 4.78 is 18.7. The van der Waals surface area contributed by atoms with E-state index in [9.17, 15) is 9.18 Å². The molecule has 1 amide bonds. The lowest BCUT2D eigenvalue weighted by atomic mass is 9.74. The summed E-state index contributed by atoms with van der Waals surface area (Å²) in [6.07, 6.45) is 5.46. The molecule has 0 saturated heterocycles. The van der Waals surface area contributed by atoms with Gasteiger partial charge in [-0.25, -0.2) is 9.37 Å². The highest BCUT2D eigenvalue weighted by Gasteiger charge is 2.37. The molecule has 0 radical (unpaired) electrons. The zero-order valence-corrected chi connectivity index (χ0v) is 17.3. The van der Waals surface area contributed by atoms with Gasteiger partial charge in [-0.2, -0.15) is 0 Å². The maximum Gasteiger partial charge on any atom is 0.225 e. The largest absolute Gasteiger partial charge is 0.439 e. The number of rotatable bonds is 5. The molecule has 1 aliphatic rings. The predicted octanol–water partition coefficient (Wildman–Crippen LogP) is 4.38. The smallest absolute Gasteiger partial charge is 0.225 e. The van der Waals surface area contributed by atoms with Crippen molar-refractivity contribution in [1.29, 1.82) is 0 Å². The maximum absolute atomic E-state index is 13.2. The van der Waals surface area contributed by atoms with Crippen molar-refractivity contribution in [3.8, 4) is 11.6 Å². The Morgan fingerprint density at radius 1 is 1.32 bits per heavy atom. The van der Waals surface area contributed by atoms with Crippen LogP contribution in [0.3, 0.4) is 0 Å². The molecule has 1 aromatic carbocycles. The van der Waals surface area contributed by atoms with Crippen molar-refractivity contribution >= 4 is 30.7 Å². The topological polar surface area (TPSA) is 77.2 Å². The molecule has 28 heavy (non-hydrogen) atoms. The van der Waals surface area contributed by atoms with Gasteiger partial charge in [0.1, 0.15) is 11.6 Å². The summed E-state index contributed by atoms with van der Waals surface area (Å²) in [5.74, 6) is 0.233. The molecule has 3 N–H and O–H groups in total. The maximum atomic E-state index is 13.2. The minimum Gasteiger partial charge on any atom is -0.439 e. The summed E-state index contributed by atoms with van der Waals surface area (Å²) >= 11 is 0. The molecule has 3 rings (SSSR count). The van der Waals surface area contributed by atoms with Crippen molar-refractivity contribution in [2.24, 2.45) is 11.7 Å². The third-order valence-electron chi connectivity index (χ3n) is 4.85. The van der Waals surface area contributed by atoms with Gasteiger partial charge in [0, 0.05) is 30.4 Å². The molecule has 5 nitrogen and oxygen atoms in total. The van der Waals surface area contributed by atoms with Gasteiger partial charge in [-0.15, -0.1) is 24.8 Å². The number of ether oxygens (including phenoxy) is 1. The number of hydrogen-bond acceptors (Lipinski definition) is 4. The van der Waals surface area contributed by atoms with Gasteiger partial charge in [0.05, 0.1) is 5.92 Å². The van der Waals surface area contributed by atoms with Gasteiger partial charge in [0.2, 0.25) is 11.8 Å². The fourth-order valence-electron chi connectivity index (χ4n) is 3.33. The molecule has 1 aliphatic carbocycles. The second-order valence-corrected chi connectivity index (χ2v) is 7.09. The summed E-state index contributed by atoms with van der Waals surface area (Å²) in [4.78, 5) is 16.7. The van der Waals surface area contributed by atoms with E-state index in [0.717, 1.165) is 31.2 Å². The lowest BCUT2D eigenvalue weighted by molar-refractivity contribution is -0.128. The number of nitrogens with zero attached hydrogens (tertiary/aromatic N) is 1. The standard InChI is InChI=1S/C20H24FN3O2.2ClH/c1-20(22)10-3-2-7-17(20)19(25)24-13-14-8-9-18(23-12-14)26-16-6-4-5-15(21)11-16;;/h4-6,8-9,11-12,17H,2-3,7,10,13,22H2,1H3,(H,24,25);2*1H. The molecular weight excluding hydrogens is 404 g/mol. The third-order valence-corrected chi connectivity index (χ3v) is 4.85. The van der Waals surface area contributed by atoms with Gasteiger partial charge in [0.25, 0.3) is 0 Å². The molecule has 2 unspecified atom stereocenters. The van der Waals surface area contributed by atoms with Crippen molar-refractivity contribution < 1.29 is 13.9 Å². The summed E-state index contributed by atoms with van der Waals surface area (Å²) in [7, 11) is 0. The minimum absolute atomic E-state index is 0. The highest BCUT2D eigenvalue weighted by atomic mass is 35.5. The van der Waals surface area contributed by atoms with E-state index in [-0.39, 0.29) is 42.5 Å². The molecule has 2 aromatic rings. The van der Waals surface area contributed by atoms with Gasteiger partial charge >= 0.3 is 0 Å². The third kappa shape index (κ3) is 6.33. The van der Waals surface area contributed by atoms with E-state index in [2.05, 4.69) is 10.3 Å². The van der Waals surface area contributed by atoms with Crippen molar-refractivity contribution in [3.63, 3.8) is 0 Å². The second kappa shape index (κ2) is 10.6. The van der Waals surface area contributed by atoms with Crippen LogP contribution in [0.25, 0.3) is 0 Å². The Balaban J connectivity index is 0.00000196. The van der Waals surface area contributed by atoms with Crippen LogP contribution in [0.1, 0.15) is 38.2 Å². The normalized spacial score (nSPS) is 21.0. The molecule has 0 aliphatic heterocycles. The Hall–Kier alpha value is -1.89. The summed E-state index contributed by atoms with van der Waals surface area (Å²) in [6.45, 7) is 2.34. The minimum atomic E-state index is -0.441. The number of carbonyl (C=O) groups excluding carboxylic acids is 1. The van der Waals surface area contributed by atoms with Crippen LogP contribution in [-0.4, -0.2) is 16.4 Å². The monoisotopic (exact) mass is 429 g/mol. The average Bonchev–Trinajstić information content (AvgIpc) is 2.60. The number of hydrogen-bond donors (Lipinski definition) is 2. The zero-order chi connectivity index (χ0) is 18.6. The molecular formula is C20H26Cl2FN3O2. The van der Waals surface area contributed by atoms with Crippen molar-refractivity contribution in [3.05, 3.63) is 54.0 Å². The first-order chi connectivity index (χ1) is 12.4. The molecule has 0 spiro atoms. The van der Waals surface area contributed by atoms with E-state index < -0.39 is 5.54 Å². The Labute approximate surface area is 177 Å². The van der Waals surface area contributed by atoms with Gasteiger partial charge in [-0.05, 0) is 37.5 Å². The molecule has 154 valence electrons. The van der Waals surface area contributed by atoms with Crippen LogP contribution in [0.15, 0.2) is 42.6 Å². The molecule has 1 aromatic heterocycles. The number of nitrogens with two attached hydrogens (primary N) is 1. The first-order valence-electron chi connectivity index (χ1n) is 8.89. The van der Waals surface area contributed by atoms with Crippen molar-refractivity contribution in [2.45, 2.75) is 44.7 Å². The fourth-order valence-corrected chi connectivity index (χ4v) is 3.33. The highest BCUT2D eigenvalue weighted by molar-refractivity contribution is 5.85. The number of pyridine rings is 1.